The van der Waals surface area contributed by atoms with Gasteiger partial charge >= 0.3 is 0 Å². The van der Waals surface area contributed by atoms with Crippen LogP contribution in [0.5, 0.6) is 17.2 Å². The van der Waals surface area contributed by atoms with Crippen LogP contribution in [0, 0.1) is 0 Å². The summed E-state index contributed by atoms with van der Waals surface area (Å²) in [6.45, 7) is 8.16. The molecule has 0 aromatic heterocycles. The van der Waals surface area contributed by atoms with E-state index in [1.54, 1.807) is 12.1 Å². The molecule has 0 spiro atoms. The van der Waals surface area contributed by atoms with Crippen LogP contribution >= 0.6 is 0 Å². The van der Waals surface area contributed by atoms with Crippen molar-refractivity contribution in [3.8, 4) is 17.2 Å². The second-order valence-electron chi connectivity index (χ2n) is 7.49. The lowest BCUT2D eigenvalue weighted by Gasteiger charge is -2.17. The highest BCUT2D eigenvalue weighted by molar-refractivity contribution is 5.54. The molecule has 3 N–H and O–H groups in total. The molecule has 0 amide bonds. The molecule has 0 aliphatic heterocycles. The lowest BCUT2D eigenvalue weighted by atomic mass is 9.90. The van der Waals surface area contributed by atoms with Gasteiger partial charge in [-0.05, 0) is 76.6 Å². The quantitative estimate of drug-likeness (QED) is 0.559. The summed E-state index contributed by atoms with van der Waals surface area (Å²) in [4.78, 5) is 0. The van der Waals surface area contributed by atoms with Gasteiger partial charge in [0.2, 0.25) is 0 Å². The number of hydrogen-bond acceptors (Lipinski definition) is 3. The lowest BCUT2D eigenvalue weighted by molar-refractivity contribution is 0.441. The van der Waals surface area contributed by atoms with Gasteiger partial charge in [-0.15, -0.1) is 0 Å². The van der Waals surface area contributed by atoms with E-state index in [0.717, 1.165) is 28.7 Å². The number of aromatic hydroxyl groups is 3. The molecule has 0 saturated heterocycles. The molecule has 0 aliphatic carbocycles. The van der Waals surface area contributed by atoms with Gasteiger partial charge in [0.15, 0.2) is 0 Å². The van der Waals surface area contributed by atoms with E-state index in [4.69, 9.17) is 0 Å². The van der Waals surface area contributed by atoms with Crippen LogP contribution in [0.2, 0.25) is 0 Å². The number of benzene rings is 2. The lowest BCUT2D eigenvalue weighted by Crippen LogP contribution is -2.03. The summed E-state index contributed by atoms with van der Waals surface area (Å²) in [5, 5.41) is 30.4. The predicted molar refractivity (Wildman–Crippen MR) is 112 cm³/mol. The summed E-state index contributed by atoms with van der Waals surface area (Å²) in [6.07, 6.45) is 6.96. The second kappa shape index (κ2) is 9.31. The Morgan fingerprint density at radius 3 is 1.63 bits per heavy atom. The zero-order valence-electron chi connectivity index (χ0n) is 16.7. The van der Waals surface area contributed by atoms with Gasteiger partial charge in [-0.25, -0.2) is 0 Å². The van der Waals surface area contributed by atoms with E-state index >= 15 is 0 Å². The van der Waals surface area contributed by atoms with Crippen LogP contribution < -0.4 is 0 Å². The van der Waals surface area contributed by atoms with E-state index in [-0.39, 0.29) is 17.2 Å². The maximum atomic E-state index is 10.5. The predicted octanol–water partition coefficient (Wildman–Crippen LogP) is 5.61. The molecule has 2 aromatic rings. The van der Waals surface area contributed by atoms with E-state index in [2.05, 4.69) is 12.2 Å². The molecule has 0 aliphatic rings. The maximum Gasteiger partial charge on any atom is 0.123 e. The monoisotopic (exact) mass is 366 g/mol. The molecule has 27 heavy (non-hydrogen) atoms. The molecule has 2 rings (SSSR count). The smallest absolute Gasteiger partial charge is 0.123 e. The molecular formula is C24H30O3. The second-order valence-corrected chi connectivity index (χ2v) is 7.49. The van der Waals surface area contributed by atoms with Crippen molar-refractivity contribution in [3.05, 3.63) is 75.9 Å². The van der Waals surface area contributed by atoms with Crippen molar-refractivity contribution in [2.45, 2.75) is 53.4 Å². The van der Waals surface area contributed by atoms with Gasteiger partial charge in [-0.3, -0.25) is 0 Å². The van der Waals surface area contributed by atoms with E-state index in [0.29, 0.717) is 19.3 Å². The third kappa shape index (κ3) is 5.92. The summed E-state index contributed by atoms with van der Waals surface area (Å²) in [5.74, 6) is 0.542. The first-order valence-corrected chi connectivity index (χ1v) is 9.38. The van der Waals surface area contributed by atoms with Gasteiger partial charge in [0.1, 0.15) is 17.2 Å². The standard InChI is InChI=1S/C24H30O3/c1-16(2)5-12-21-20(14-9-18-7-10-19(25)11-8-18)22(13-6-17(3)4)24(27)15-23(21)26/h5-8,10-11,15,25-27H,9,12-14H2,1-4H3. The highest BCUT2D eigenvalue weighted by atomic mass is 16.3. The van der Waals surface area contributed by atoms with Gasteiger partial charge in [0.25, 0.3) is 0 Å². The molecule has 0 fully saturated rings. The third-order valence-corrected chi connectivity index (χ3v) is 4.65. The summed E-state index contributed by atoms with van der Waals surface area (Å²) >= 11 is 0. The molecular weight excluding hydrogens is 336 g/mol. The summed E-state index contributed by atoms with van der Waals surface area (Å²) in [6, 6.07) is 8.65. The van der Waals surface area contributed by atoms with Crippen LogP contribution in [0.15, 0.2) is 53.6 Å². The van der Waals surface area contributed by atoms with Crippen molar-refractivity contribution in [2.75, 3.05) is 0 Å². The molecule has 0 radical (unpaired) electrons. The first-order valence-electron chi connectivity index (χ1n) is 9.38. The van der Waals surface area contributed by atoms with Gasteiger partial charge < -0.3 is 15.3 Å². The molecule has 2 aromatic carbocycles. The molecule has 3 heteroatoms. The molecule has 144 valence electrons. The molecule has 3 nitrogen and oxygen atoms in total. The van der Waals surface area contributed by atoms with Crippen molar-refractivity contribution >= 4 is 0 Å². The minimum atomic E-state index is 0.145. The van der Waals surface area contributed by atoms with Gasteiger partial charge in [-0.1, -0.05) is 35.4 Å². The van der Waals surface area contributed by atoms with Crippen LogP contribution in [0.1, 0.15) is 49.9 Å². The maximum absolute atomic E-state index is 10.5. The Balaban J connectivity index is 2.44. The SMILES string of the molecule is CC(C)=CCc1c(O)cc(O)c(CC=C(C)C)c1CCc1ccc(O)cc1. The first-order chi connectivity index (χ1) is 12.8. The van der Waals surface area contributed by atoms with Crippen LogP contribution in [-0.4, -0.2) is 15.3 Å². The van der Waals surface area contributed by atoms with Gasteiger partial charge in [-0.2, -0.15) is 0 Å². The topological polar surface area (TPSA) is 60.7 Å². The van der Waals surface area contributed by atoms with Gasteiger partial charge in [0, 0.05) is 17.2 Å². The van der Waals surface area contributed by atoms with E-state index in [1.165, 1.54) is 17.2 Å². The molecule has 0 bridgehead atoms. The molecule has 0 saturated carbocycles. The molecule has 0 heterocycles. The Hall–Kier alpha value is -2.68. The Bertz CT molecular complexity index is 791. The Labute approximate surface area is 162 Å². The number of allylic oxidation sites excluding steroid dienone is 4. The van der Waals surface area contributed by atoms with Crippen molar-refractivity contribution in [2.24, 2.45) is 0 Å². The normalized spacial score (nSPS) is 10.5. The average molecular weight is 367 g/mol. The Kier molecular flexibility index (Phi) is 7.12. The van der Waals surface area contributed by atoms with Crippen molar-refractivity contribution in [1.82, 2.24) is 0 Å². The fourth-order valence-corrected chi connectivity index (χ4v) is 3.10. The Morgan fingerprint density at radius 2 is 1.19 bits per heavy atom. The van der Waals surface area contributed by atoms with Gasteiger partial charge in [0.05, 0.1) is 0 Å². The average Bonchev–Trinajstić information content (AvgIpc) is 2.59. The van der Waals surface area contributed by atoms with Crippen LogP contribution in [0.3, 0.4) is 0 Å². The number of aryl methyl sites for hydroxylation is 1. The minimum absolute atomic E-state index is 0.145. The molecule has 0 atom stereocenters. The van der Waals surface area contributed by atoms with Crippen LogP contribution in [-0.2, 0) is 25.7 Å². The zero-order chi connectivity index (χ0) is 20.0. The zero-order valence-corrected chi connectivity index (χ0v) is 16.7. The first kappa shape index (κ1) is 20.6. The highest BCUT2D eigenvalue weighted by Crippen LogP contribution is 2.35. The fraction of sp³-hybridized carbons (Fsp3) is 0.333. The summed E-state index contributed by atoms with van der Waals surface area (Å²) < 4.78 is 0. The highest BCUT2D eigenvalue weighted by Gasteiger charge is 2.16. The number of phenols is 3. The van der Waals surface area contributed by atoms with Crippen LogP contribution in [0.4, 0.5) is 0 Å². The van der Waals surface area contributed by atoms with Crippen molar-refractivity contribution in [3.63, 3.8) is 0 Å². The van der Waals surface area contributed by atoms with Crippen LogP contribution in [0.25, 0.3) is 0 Å². The van der Waals surface area contributed by atoms with E-state index in [1.807, 2.05) is 39.8 Å². The number of phenolic OH excluding ortho intramolecular Hbond substituents is 3. The Morgan fingerprint density at radius 1 is 0.704 bits per heavy atom. The largest absolute Gasteiger partial charge is 0.508 e. The molecule has 0 unspecified atom stereocenters. The van der Waals surface area contributed by atoms with Crippen molar-refractivity contribution < 1.29 is 15.3 Å². The number of rotatable bonds is 7. The van der Waals surface area contributed by atoms with E-state index in [9.17, 15) is 15.3 Å². The third-order valence-electron chi connectivity index (χ3n) is 4.65. The summed E-state index contributed by atoms with van der Waals surface area (Å²) in [7, 11) is 0. The minimum Gasteiger partial charge on any atom is -0.508 e. The summed E-state index contributed by atoms with van der Waals surface area (Å²) in [5.41, 5.74) is 6.26. The fourth-order valence-electron chi connectivity index (χ4n) is 3.10. The van der Waals surface area contributed by atoms with E-state index < -0.39 is 0 Å². The van der Waals surface area contributed by atoms with Crippen molar-refractivity contribution in [1.29, 1.82) is 0 Å². The number of hydrogen-bond donors (Lipinski definition) is 3.